The predicted molar refractivity (Wildman–Crippen MR) is 107 cm³/mol. The van der Waals surface area contributed by atoms with Crippen molar-refractivity contribution in [1.82, 2.24) is 15.0 Å². The molecule has 0 saturated carbocycles. The Morgan fingerprint density at radius 2 is 2.03 bits per heavy atom. The lowest BCUT2D eigenvalue weighted by atomic mass is 9.86. The Kier molecular flexibility index (Phi) is 7.19. The van der Waals surface area contributed by atoms with Gasteiger partial charge in [0.2, 0.25) is 0 Å². The highest BCUT2D eigenvalue weighted by Gasteiger charge is 2.57. The molecule has 0 aliphatic carbocycles. The van der Waals surface area contributed by atoms with Gasteiger partial charge in [-0.3, -0.25) is 0 Å². The SMILES string of the molecule is COC(=O)CO[C@@H]1[C@@H](n2cc(-c3cc(F)c(F)c(F)c3)nn2)[C@@H](O)[C@@H](CO)O[C@@]12CCCCO2. The number of methoxy groups -OCH3 is 1. The number of ether oxygens (including phenoxy) is 4. The number of aliphatic hydroxyl groups is 2. The van der Waals surface area contributed by atoms with Crippen molar-refractivity contribution < 1.29 is 47.1 Å². The van der Waals surface area contributed by atoms with E-state index in [0.29, 0.717) is 19.4 Å². The van der Waals surface area contributed by atoms with Crippen molar-refractivity contribution in [3.05, 3.63) is 35.8 Å². The van der Waals surface area contributed by atoms with Gasteiger partial charge in [0.15, 0.2) is 23.2 Å². The van der Waals surface area contributed by atoms with Crippen molar-refractivity contribution in [2.75, 3.05) is 26.9 Å². The summed E-state index contributed by atoms with van der Waals surface area (Å²) in [6.07, 6.45) is -0.508. The van der Waals surface area contributed by atoms with Crippen LogP contribution in [0.1, 0.15) is 25.3 Å². The number of nitrogens with zero attached hydrogens (tertiary/aromatic N) is 3. The van der Waals surface area contributed by atoms with Crippen LogP contribution in [0.2, 0.25) is 0 Å². The Labute approximate surface area is 192 Å². The summed E-state index contributed by atoms with van der Waals surface area (Å²) in [6, 6.07) is 0.450. The van der Waals surface area contributed by atoms with Gasteiger partial charge in [-0.25, -0.2) is 22.6 Å². The Morgan fingerprint density at radius 3 is 2.65 bits per heavy atom. The van der Waals surface area contributed by atoms with Gasteiger partial charge < -0.3 is 29.2 Å². The molecule has 10 nitrogen and oxygen atoms in total. The van der Waals surface area contributed by atoms with Crippen molar-refractivity contribution in [2.45, 2.75) is 49.4 Å². The van der Waals surface area contributed by atoms with Crippen LogP contribution < -0.4 is 0 Å². The van der Waals surface area contributed by atoms with Gasteiger partial charge >= 0.3 is 5.97 Å². The van der Waals surface area contributed by atoms with E-state index in [1.54, 1.807) is 0 Å². The zero-order valence-corrected chi connectivity index (χ0v) is 18.2. The molecule has 2 saturated heterocycles. The highest BCUT2D eigenvalue weighted by molar-refractivity contribution is 5.70. The van der Waals surface area contributed by atoms with E-state index in [1.807, 2.05) is 0 Å². The molecule has 2 N–H and O–H groups in total. The molecular formula is C21H24F3N3O7. The van der Waals surface area contributed by atoms with Crippen LogP contribution in [0.4, 0.5) is 13.2 Å². The number of carbonyl (C=O) groups is 1. The summed E-state index contributed by atoms with van der Waals surface area (Å²) in [7, 11) is 1.19. The molecule has 1 aromatic heterocycles. The fourth-order valence-electron chi connectivity index (χ4n) is 4.30. The first-order valence-electron chi connectivity index (χ1n) is 10.7. The monoisotopic (exact) mass is 487 g/mol. The third kappa shape index (κ3) is 4.53. The Balaban J connectivity index is 1.73. The zero-order valence-electron chi connectivity index (χ0n) is 18.2. The summed E-state index contributed by atoms with van der Waals surface area (Å²) in [5.41, 5.74) is -0.0964. The van der Waals surface area contributed by atoms with Gasteiger partial charge in [0, 0.05) is 12.0 Å². The predicted octanol–water partition coefficient (Wildman–Crippen LogP) is 1.11. The topological polar surface area (TPSA) is 125 Å². The van der Waals surface area contributed by atoms with Crippen molar-refractivity contribution in [2.24, 2.45) is 0 Å². The van der Waals surface area contributed by atoms with Crippen LogP contribution in [0.25, 0.3) is 11.3 Å². The molecule has 3 heterocycles. The van der Waals surface area contributed by atoms with E-state index in [4.69, 9.17) is 14.2 Å². The number of halogens is 3. The molecule has 1 spiro atoms. The van der Waals surface area contributed by atoms with Crippen molar-refractivity contribution in [1.29, 1.82) is 0 Å². The number of benzene rings is 1. The number of hydrogen-bond acceptors (Lipinski definition) is 9. The molecule has 0 bridgehead atoms. The molecule has 0 radical (unpaired) electrons. The average molecular weight is 487 g/mol. The van der Waals surface area contributed by atoms with Gasteiger partial charge in [0.05, 0.1) is 26.5 Å². The number of hydrogen-bond donors (Lipinski definition) is 2. The maximum atomic E-state index is 13.7. The van der Waals surface area contributed by atoms with Crippen LogP contribution >= 0.6 is 0 Å². The van der Waals surface area contributed by atoms with E-state index in [1.165, 1.54) is 18.0 Å². The Hall–Kier alpha value is -2.58. The lowest BCUT2D eigenvalue weighted by molar-refractivity contribution is -0.370. The van der Waals surface area contributed by atoms with Crippen LogP contribution in [-0.4, -0.2) is 82.2 Å². The first kappa shape index (κ1) is 24.5. The molecule has 186 valence electrons. The largest absolute Gasteiger partial charge is 0.467 e. The first-order chi connectivity index (χ1) is 16.3. The second-order valence-electron chi connectivity index (χ2n) is 8.08. The third-order valence-electron chi connectivity index (χ3n) is 5.98. The minimum Gasteiger partial charge on any atom is -0.467 e. The first-order valence-corrected chi connectivity index (χ1v) is 10.7. The van der Waals surface area contributed by atoms with Gasteiger partial charge in [-0.1, -0.05) is 5.21 Å². The van der Waals surface area contributed by atoms with Crippen LogP contribution in [0.3, 0.4) is 0 Å². The van der Waals surface area contributed by atoms with Crippen LogP contribution in [0.15, 0.2) is 18.3 Å². The quantitative estimate of drug-likeness (QED) is 0.455. The molecule has 0 amide bonds. The number of rotatable bonds is 6. The molecule has 5 atom stereocenters. The number of aromatic nitrogens is 3. The standard InChI is InChI=1S/C21H24F3N3O7/c1-31-16(29)10-32-20-18(19(30)15(9-28)34-21(20)4-2-3-5-33-21)27-8-14(25-26-27)11-6-12(22)17(24)13(23)7-11/h6-8,15,18-20,28,30H,2-5,9-10H2,1H3/t15-,18+,19+,20-,21+/m1/s1. The van der Waals surface area contributed by atoms with Crippen LogP contribution in [0.5, 0.6) is 0 Å². The maximum absolute atomic E-state index is 13.7. The third-order valence-corrected chi connectivity index (χ3v) is 5.98. The fourth-order valence-corrected chi connectivity index (χ4v) is 4.30. The number of esters is 1. The highest BCUT2D eigenvalue weighted by atomic mass is 19.2. The summed E-state index contributed by atoms with van der Waals surface area (Å²) in [5, 5.41) is 28.7. The molecule has 4 rings (SSSR count). The van der Waals surface area contributed by atoms with Gasteiger partial charge in [0.25, 0.3) is 0 Å². The number of aliphatic hydroxyl groups excluding tert-OH is 2. The Morgan fingerprint density at radius 1 is 1.29 bits per heavy atom. The van der Waals surface area contributed by atoms with E-state index < -0.39 is 66.8 Å². The summed E-state index contributed by atoms with van der Waals surface area (Å²) in [6.45, 7) is -0.725. The fraction of sp³-hybridized carbons (Fsp3) is 0.571. The van der Waals surface area contributed by atoms with Gasteiger partial charge in [-0.15, -0.1) is 5.10 Å². The molecule has 34 heavy (non-hydrogen) atoms. The van der Waals surface area contributed by atoms with Crippen molar-refractivity contribution in [3.63, 3.8) is 0 Å². The minimum atomic E-state index is -1.62. The van der Waals surface area contributed by atoms with E-state index in [9.17, 15) is 28.2 Å². The second-order valence-corrected chi connectivity index (χ2v) is 8.08. The molecule has 2 fully saturated rings. The normalized spacial score (nSPS) is 29.4. The van der Waals surface area contributed by atoms with E-state index in [2.05, 4.69) is 15.0 Å². The zero-order chi connectivity index (χ0) is 24.5. The molecule has 0 unspecified atom stereocenters. The molecular weight excluding hydrogens is 463 g/mol. The van der Waals surface area contributed by atoms with Crippen molar-refractivity contribution in [3.8, 4) is 11.3 Å². The van der Waals surface area contributed by atoms with Crippen molar-refractivity contribution >= 4 is 5.97 Å². The highest BCUT2D eigenvalue weighted by Crippen LogP contribution is 2.44. The molecule has 13 heteroatoms. The van der Waals surface area contributed by atoms with Crippen LogP contribution in [-0.2, 0) is 23.7 Å². The Bertz CT molecular complexity index is 1010. The molecule has 2 aliphatic heterocycles. The lowest BCUT2D eigenvalue weighted by Gasteiger charge is -2.52. The summed E-state index contributed by atoms with van der Waals surface area (Å²) < 4.78 is 64.3. The van der Waals surface area contributed by atoms with Gasteiger partial charge in [-0.05, 0) is 25.0 Å². The second kappa shape index (κ2) is 9.96. The lowest BCUT2D eigenvalue weighted by Crippen LogP contribution is -2.65. The maximum Gasteiger partial charge on any atom is 0.331 e. The summed E-state index contributed by atoms with van der Waals surface area (Å²) in [4.78, 5) is 11.8. The van der Waals surface area contributed by atoms with Gasteiger partial charge in [-0.2, -0.15) is 0 Å². The summed E-state index contributed by atoms with van der Waals surface area (Å²) in [5.74, 6) is -6.51. The molecule has 2 aromatic rings. The average Bonchev–Trinajstić information content (AvgIpc) is 3.32. The van der Waals surface area contributed by atoms with Gasteiger partial charge in [0.1, 0.15) is 36.7 Å². The number of carbonyl (C=O) groups excluding carboxylic acids is 1. The van der Waals surface area contributed by atoms with E-state index in [0.717, 1.165) is 18.6 Å². The smallest absolute Gasteiger partial charge is 0.331 e. The molecule has 1 aromatic carbocycles. The minimum absolute atomic E-state index is 0.0117. The molecule has 2 aliphatic rings. The van der Waals surface area contributed by atoms with E-state index >= 15 is 0 Å². The van der Waals surface area contributed by atoms with Crippen LogP contribution in [0, 0.1) is 17.5 Å². The summed E-state index contributed by atoms with van der Waals surface area (Å²) >= 11 is 0. The van der Waals surface area contributed by atoms with E-state index in [-0.39, 0.29) is 11.3 Å².